The molecule has 0 saturated carbocycles. The minimum atomic E-state index is 0.0633. The molecule has 3 aliphatic rings. The van der Waals surface area contributed by atoms with Gasteiger partial charge in [0.2, 0.25) is 6.41 Å². The van der Waals surface area contributed by atoms with E-state index in [4.69, 9.17) is 4.74 Å². The van der Waals surface area contributed by atoms with Crippen LogP contribution < -0.4 is 0 Å². The number of aliphatic imine (C=N–C) groups is 1. The predicted octanol–water partition coefficient (Wildman–Crippen LogP) is 1.75. The first-order valence-electron chi connectivity index (χ1n) is 10.9. The first-order valence-corrected chi connectivity index (χ1v) is 10.9. The van der Waals surface area contributed by atoms with E-state index < -0.39 is 0 Å². The van der Waals surface area contributed by atoms with Crippen molar-refractivity contribution in [2.24, 2.45) is 4.99 Å². The van der Waals surface area contributed by atoms with Gasteiger partial charge in [0.1, 0.15) is 0 Å². The molecule has 1 aromatic heterocycles. The third-order valence-electron chi connectivity index (χ3n) is 6.52. The van der Waals surface area contributed by atoms with Gasteiger partial charge in [0.15, 0.2) is 0 Å². The number of ether oxygens (including phenoxy) is 1. The quantitative estimate of drug-likeness (QED) is 0.605. The number of nitrogens with zero attached hydrogens (tertiary/aromatic N) is 5. The van der Waals surface area contributed by atoms with Gasteiger partial charge < -0.3 is 14.2 Å². The van der Waals surface area contributed by atoms with Gasteiger partial charge in [0.25, 0.3) is 0 Å². The van der Waals surface area contributed by atoms with Gasteiger partial charge in [-0.05, 0) is 23.8 Å². The standard InChI is InChI=1S/C23H29N5O2/c29-18-27-10-9-26(8-7-25-11-13-30-14-12-25)17-23(27)22-6-5-20-15-24-21-4-2-1-3-19(21)16-28(20)22/h1-6,15,18,23H,7-14,16-17H2. The molecule has 1 aromatic carbocycles. The number of carbonyl (C=O) groups excluding carboxylic acids is 1. The van der Waals surface area contributed by atoms with Crippen LogP contribution in [0.15, 0.2) is 41.4 Å². The Morgan fingerprint density at radius 2 is 1.83 bits per heavy atom. The summed E-state index contributed by atoms with van der Waals surface area (Å²) in [6, 6.07) is 12.6. The molecule has 7 nitrogen and oxygen atoms in total. The van der Waals surface area contributed by atoms with Gasteiger partial charge in [0.05, 0.1) is 43.4 Å². The Labute approximate surface area is 177 Å². The molecule has 30 heavy (non-hydrogen) atoms. The van der Waals surface area contributed by atoms with E-state index in [0.29, 0.717) is 0 Å². The highest BCUT2D eigenvalue weighted by Crippen LogP contribution is 2.30. The molecule has 0 N–H and O–H groups in total. The maximum absolute atomic E-state index is 11.9. The predicted molar refractivity (Wildman–Crippen MR) is 116 cm³/mol. The largest absolute Gasteiger partial charge is 0.379 e. The van der Waals surface area contributed by atoms with Crippen molar-refractivity contribution in [3.63, 3.8) is 0 Å². The fraction of sp³-hybridized carbons (Fsp3) is 0.478. The average Bonchev–Trinajstić information content (AvgIpc) is 3.10. The number of para-hydroxylation sites is 1. The van der Waals surface area contributed by atoms with Crippen LogP contribution in [0.2, 0.25) is 0 Å². The number of benzene rings is 1. The van der Waals surface area contributed by atoms with Crippen LogP contribution in [-0.4, -0.2) is 90.9 Å². The van der Waals surface area contributed by atoms with Crippen molar-refractivity contribution >= 4 is 18.3 Å². The molecule has 4 heterocycles. The zero-order valence-electron chi connectivity index (χ0n) is 17.3. The van der Waals surface area contributed by atoms with Gasteiger partial charge in [-0.15, -0.1) is 0 Å². The molecule has 1 amide bonds. The Kier molecular flexibility index (Phi) is 5.66. The number of morpholine rings is 1. The van der Waals surface area contributed by atoms with Crippen molar-refractivity contribution in [1.29, 1.82) is 0 Å². The van der Waals surface area contributed by atoms with E-state index in [0.717, 1.165) is 83.4 Å². The topological polar surface area (TPSA) is 53.3 Å². The van der Waals surface area contributed by atoms with E-state index in [1.165, 1.54) is 11.3 Å². The molecule has 7 heteroatoms. The maximum atomic E-state index is 11.9. The smallest absolute Gasteiger partial charge is 0.210 e. The SMILES string of the molecule is O=CN1CCN(CCN2CCOCC2)CC1c1ccc2n1Cc1ccccc1N=C2. The zero-order valence-corrected chi connectivity index (χ0v) is 17.3. The van der Waals surface area contributed by atoms with E-state index in [1.807, 2.05) is 17.2 Å². The van der Waals surface area contributed by atoms with Crippen molar-refractivity contribution in [2.75, 3.05) is 59.0 Å². The highest BCUT2D eigenvalue weighted by molar-refractivity contribution is 5.82. The first kappa shape index (κ1) is 19.5. The van der Waals surface area contributed by atoms with Gasteiger partial charge in [0, 0.05) is 51.5 Å². The lowest BCUT2D eigenvalue weighted by molar-refractivity contribution is -0.123. The van der Waals surface area contributed by atoms with Crippen LogP contribution in [0.1, 0.15) is 23.0 Å². The Morgan fingerprint density at radius 3 is 2.70 bits per heavy atom. The second-order valence-corrected chi connectivity index (χ2v) is 8.27. The third-order valence-corrected chi connectivity index (χ3v) is 6.52. The average molecular weight is 408 g/mol. The summed E-state index contributed by atoms with van der Waals surface area (Å²) >= 11 is 0. The van der Waals surface area contributed by atoms with E-state index in [-0.39, 0.29) is 6.04 Å². The summed E-state index contributed by atoms with van der Waals surface area (Å²) in [5.41, 5.74) is 4.52. The number of piperazine rings is 1. The van der Waals surface area contributed by atoms with Crippen LogP contribution in [0.4, 0.5) is 5.69 Å². The lowest BCUT2D eigenvalue weighted by Crippen LogP contribution is -2.50. The van der Waals surface area contributed by atoms with Crippen LogP contribution >= 0.6 is 0 Å². The van der Waals surface area contributed by atoms with Gasteiger partial charge >= 0.3 is 0 Å². The van der Waals surface area contributed by atoms with Crippen molar-refractivity contribution in [3.05, 3.63) is 53.3 Å². The summed E-state index contributed by atoms with van der Waals surface area (Å²) in [5, 5.41) is 0. The molecule has 0 radical (unpaired) electrons. The molecule has 2 aromatic rings. The van der Waals surface area contributed by atoms with Crippen LogP contribution in [0.3, 0.4) is 0 Å². The molecule has 1 unspecified atom stereocenters. The van der Waals surface area contributed by atoms with Crippen molar-refractivity contribution in [1.82, 2.24) is 19.3 Å². The number of hydrogen-bond donors (Lipinski definition) is 0. The second-order valence-electron chi connectivity index (χ2n) is 8.27. The third kappa shape index (κ3) is 3.93. The molecule has 158 valence electrons. The van der Waals surface area contributed by atoms with E-state index >= 15 is 0 Å². The highest BCUT2D eigenvalue weighted by Gasteiger charge is 2.30. The van der Waals surface area contributed by atoms with Crippen LogP contribution in [-0.2, 0) is 16.1 Å². The Morgan fingerprint density at radius 1 is 1.00 bits per heavy atom. The normalized spacial score (nSPS) is 22.4. The molecular formula is C23H29N5O2. The monoisotopic (exact) mass is 407 g/mol. The van der Waals surface area contributed by atoms with Crippen LogP contribution in [0, 0.1) is 0 Å². The lowest BCUT2D eigenvalue weighted by Gasteiger charge is -2.41. The summed E-state index contributed by atoms with van der Waals surface area (Å²) < 4.78 is 7.78. The van der Waals surface area contributed by atoms with Gasteiger partial charge in [-0.1, -0.05) is 18.2 Å². The van der Waals surface area contributed by atoms with Gasteiger partial charge in [-0.2, -0.15) is 0 Å². The summed E-state index contributed by atoms with van der Waals surface area (Å²) in [6.45, 7) is 9.13. The number of fused-ring (bicyclic) bond motifs is 2. The molecule has 2 saturated heterocycles. The van der Waals surface area contributed by atoms with E-state index in [9.17, 15) is 4.79 Å². The van der Waals surface area contributed by atoms with Crippen LogP contribution in [0.25, 0.3) is 0 Å². The minimum absolute atomic E-state index is 0.0633. The number of carbonyl (C=O) groups is 1. The molecule has 1 atom stereocenters. The highest BCUT2D eigenvalue weighted by atomic mass is 16.5. The van der Waals surface area contributed by atoms with Crippen LogP contribution in [0.5, 0.6) is 0 Å². The van der Waals surface area contributed by atoms with Gasteiger partial charge in [-0.25, -0.2) is 0 Å². The van der Waals surface area contributed by atoms with Gasteiger partial charge in [-0.3, -0.25) is 19.6 Å². The second kappa shape index (κ2) is 8.71. The summed E-state index contributed by atoms with van der Waals surface area (Å²) in [6.07, 6.45) is 2.96. The molecule has 0 bridgehead atoms. The fourth-order valence-electron chi connectivity index (χ4n) is 4.72. The van der Waals surface area contributed by atoms with Crippen molar-refractivity contribution in [3.8, 4) is 0 Å². The lowest BCUT2D eigenvalue weighted by atomic mass is 10.1. The Hall–Kier alpha value is -2.48. The summed E-state index contributed by atoms with van der Waals surface area (Å²) in [4.78, 5) is 23.5. The van der Waals surface area contributed by atoms with Crippen molar-refractivity contribution < 1.29 is 9.53 Å². The number of rotatable bonds is 5. The minimum Gasteiger partial charge on any atom is -0.379 e. The number of hydrogen-bond acceptors (Lipinski definition) is 5. The number of aromatic nitrogens is 1. The molecule has 0 spiro atoms. The Balaban J connectivity index is 1.34. The molecule has 2 fully saturated rings. The molecule has 5 rings (SSSR count). The first-order chi connectivity index (χ1) is 14.8. The maximum Gasteiger partial charge on any atom is 0.210 e. The number of amides is 1. The fourth-order valence-corrected chi connectivity index (χ4v) is 4.72. The van der Waals surface area contributed by atoms with Crippen molar-refractivity contribution in [2.45, 2.75) is 12.6 Å². The summed E-state index contributed by atoms with van der Waals surface area (Å²) in [5.74, 6) is 0. The summed E-state index contributed by atoms with van der Waals surface area (Å²) in [7, 11) is 0. The molecular weight excluding hydrogens is 378 g/mol. The van der Waals surface area contributed by atoms with E-state index in [2.05, 4.69) is 49.7 Å². The van der Waals surface area contributed by atoms with E-state index in [1.54, 1.807) is 0 Å². The molecule has 0 aliphatic carbocycles. The Bertz CT molecular complexity index is 918. The zero-order chi connectivity index (χ0) is 20.3. The molecule has 3 aliphatic heterocycles.